The van der Waals surface area contributed by atoms with Crippen molar-refractivity contribution in [2.75, 3.05) is 13.2 Å². The van der Waals surface area contributed by atoms with Crippen LogP contribution in [0.15, 0.2) is 18.3 Å². The average Bonchev–Trinajstić information content (AvgIpc) is 2.45. The van der Waals surface area contributed by atoms with Gasteiger partial charge in [-0.2, -0.15) is 0 Å². The first kappa shape index (κ1) is 16.6. The molecule has 0 bridgehead atoms. The number of hydrogen-bond donors (Lipinski definition) is 0. The monoisotopic (exact) mass is 306 g/mol. The third kappa shape index (κ3) is 4.90. The minimum atomic E-state index is -0.474. The molecule has 1 aromatic rings. The Kier molecular flexibility index (Phi) is 5.27. The van der Waals surface area contributed by atoms with Gasteiger partial charge in [-0.1, -0.05) is 6.07 Å². The molecule has 1 aliphatic heterocycles. The third-order valence-electron chi connectivity index (χ3n) is 3.56. The molecule has 122 valence electrons. The first-order valence-electron chi connectivity index (χ1n) is 7.90. The second-order valence-electron chi connectivity index (χ2n) is 6.81. The second kappa shape index (κ2) is 6.99. The minimum absolute atomic E-state index is 0.0479. The number of carbonyl (C=O) groups is 1. The van der Waals surface area contributed by atoms with E-state index in [1.807, 2.05) is 39.8 Å². The summed E-state index contributed by atoms with van der Waals surface area (Å²) in [6, 6.07) is 3.87. The lowest BCUT2D eigenvalue weighted by atomic mass is 10.0. The summed E-state index contributed by atoms with van der Waals surface area (Å²) in [6.07, 6.45) is 4.58. The molecule has 1 atom stereocenters. The summed E-state index contributed by atoms with van der Waals surface area (Å²) in [5.74, 6) is 0.598. The lowest BCUT2D eigenvalue weighted by molar-refractivity contribution is 0.00335. The predicted octanol–water partition coefficient (Wildman–Crippen LogP) is 3.56. The number of aromatic nitrogens is 1. The summed E-state index contributed by atoms with van der Waals surface area (Å²) in [7, 11) is 0. The van der Waals surface area contributed by atoms with Crippen LogP contribution in [0.1, 0.15) is 45.6 Å². The maximum absolute atomic E-state index is 12.3. The van der Waals surface area contributed by atoms with Gasteiger partial charge in [-0.3, -0.25) is 0 Å². The molecule has 5 heteroatoms. The molecular weight excluding hydrogens is 280 g/mol. The van der Waals surface area contributed by atoms with Crippen molar-refractivity contribution in [1.82, 2.24) is 9.88 Å². The van der Waals surface area contributed by atoms with Gasteiger partial charge in [0.2, 0.25) is 5.88 Å². The van der Waals surface area contributed by atoms with Crippen molar-refractivity contribution in [1.29, 1.82) is 0 Å². The summed E-state index contributed by atoms with van der Waals surface area (Å²) in [5.41, 5.74) is 0.624. The van der Waals surface area contributed by atoms with Crippen LogP contribution in [0.2, 0.25) is 0 Å². The van der Waals surface area contributed by atoms with Gasteiger partial charge in [0.15, 0.2) is 0 Å². The fraction of sp³-hybridized carbons (Fsp3) is 0.647. The molecule has 1 amide bonds. The Balaban J connectivity index is 1.94. The molecule has 0 unspecified atom stereocenters. The van der Waals surface area contributed by atoms with Crippen molar-refractivity contribution in [2.45, 2.75) is 58.6 Å². The highest BCUT2D eigenvalue weighted by Crippen LogP contribution is 2.21. The van der Waals surface area contributed by atoms with Gasteiger partial charge in [0.25, 0.3) is 0 Å². The summed E-state index contributed by atoms with van der Waals surface area (Å²) in [6.45, 7) is 8.82. The Labute approximate surface area is 132 Å². The van der Waals surface area contributed by atoms with Crippen LogP contribution in [0, 0.1) is 6.92 Å². The van der Waals surface area contributed by atoms with Crippen molar-refractivity contribution in [3.63, 3.8) is 0 Å². The summed E-state index contributed by atoms with van der Waals surface area (Å²) in [4.78, 5) is 18.3. The maximum Gasteiger partial charge on any atom is 0.410 e. The Morgan fingerprint density at radius 1 is 1.36 bits per heavy atom. The van der Waals surface area contributed by atoms with Crippen molar-refractivity contribution in [3.8, 4) is 5.88 Å². The van der Waals surface area contributed by atoms with E-state index in [0.29, 0.717) is 12.5 Å². The number of ether oxygens (including phenoxy) is 2. The van der Waals surface area contributed by atoms with Crippen molar-refractivity contribution in [2.24, 2.45) is 0 Å². The van der Waals surface area contributed by atoms with E-state index in [4.69, 9.17) is 9.47 Å². The van der Waals surface area contributed by atoms with Gasteiger partial charge < -0.3 is 14.4 Å². The highest BCUT2D eigenvalue weighted by Gasteiger charge is 2.30. The lowest BCUT2D eigenvalue weighted by Crippen LogP contribution is -2.48. The van der Waals surface area contributed by atoms with Gasteiger partial charge in [0.05, 0.1) is 6.04 Å². The average molecular weight is 306 g/mol. The Morgan fingerprint density at radius 3 is 2.77 bits per heavy atom. The van der Waals surface area contributed by atoms with Gasteiger partial charge in [-0.15, -0.1) is 0 Å². The zero-order chi connectivity index (χ0) is 16.2. The number of pyridine rings is 1. The molecule has 2 heterocycles. The maximum atomic E-state index is 12.3. The number of aryl methyl sites for hydroxylation is 1. The van der Waals surface area contributed by atoms with Crippen molar-refractivity contribution < 1.29 is 14.3 Å². The normalized spacial score (nSPS) is 18.9. The molecule has 1 aromatic heterocycles. The minimum Gasteiger partial charge on any atom is -0.475 e. The van der Waals surface area contributed by atoms with E-state index in [2.05, 4.69) is 4.98 Å². The molecule has 22 heavy (non-hydrogen) atoms. The zero-order valence-corrected chi connectivity index (χ0v) is 14.0. The zero-order valence-electron chi connectivity index (χ0n) is 14.0. The van der Waals surface area contributed by atoms with Crippen molar-refractivity contribution >= 4 is 6.09 Å². The number of nitrogens with zero attached hydrogens (tertiary/aromatic N) is 2. The number of piperidine rings is 1. The third-order valence-corrected chi connectivity index (χ3v) is 3.56. The molecule has 0 aliphatic carbocycles. The quantitative estimate of drug-likeness (QED) is 0.857. The highest BCUT2D eigenvalue weighted by atomic mass is 16.6. The van der Waals surface area contributed by atoms with Crippen LogP contribution >= 0.6 is 0 Å². The number of carbonyl (C=O) groups excluding carboxylic acids is 1. The van der Waals surface area contributed by atoms with E-state index in [1.54, 1.807) is 11.1 Å². The largest absolute Gasteiger partial charge is 0.475 e. The Hall–Kier alpha value is -1.78. The second-order valence-corrected chi connectivity index (χ2v) is 6.81. The van der Waals surface area contributed by atoms with E-state index in [-0.39, 0.29) is 12.1 Å². The first-order chi connectivity index (χ1) is 10.3. The molecule has 0 saturated carbocycles. The van der Waals surface area contributed by atoms with Gasteiger partial charge in [-0.05, 0) is 52.5 Å². The van der Waals surface area contributed by atoms with Crippen LogP contribution < -0.4 is 4.74 Å². The fourth-order valence-electron chi connectivity index (χ4n) is 2.46. The Bertz CT molecular complexity index is 494. The van der Waals surface area contributed by atoms with Gasteiger partial charge >= 0.3 is 6.09 Å². The highest BCUT2D eigenvalue weighted by molar-refractivity contribution is 5.68. The molecule has 2 rings (SSSR count). The summed E-state index contributed by atoms with van der Waals surface area (Å²) < 4.78 is 11.2. The van der Waals surface area contributed by atoms with E-state index in [1.165, 1.54) is 0 Å². The van der Waals surface area contributed by atoms with E-state index in [9.17, 15) is 4.79 Å². The fourth-order valence-corrected chi connectivity index (χ4v) is 2.46. The molecular formula is C17H26N2O3. The molecule has 0 aromatic carbocycles. The number of amides is 1. The van der Waals surface area contributed by atoms with Crippen LogP contribution in [0.5, 0.6) is 5.88 Å². The molecule has 0 N–H and O–H groups in total. The number of hydrogen-bond acceptors (Lipinski definition) is 4. The van der Waals surface area contributed by atoms with Gasteiger partial charge in [-0.25, -0.2) is 9.78 Å². The van der Waals surface area contributed by atoms with Gasteiger partial charge in [0, 0.05) is 18.8 Å². The van der Waals surface area contributed by atoms with Crippen molar-refractivity contribution in [3.05, 3.63) is 23.9 Å². The van der Waals surface area contributed by atoms with Crippen LogP contribution in [-0.2, 0) is 4.74 Å². The molecule has 1 fully saturated rings. The standard InChI is InChI=1S/C17H26N2O3/c1-13-8-9-15(18-11-13)21-12-14-7-5-6-10-19(14)16(20)22-17(2,3)4/h8-9,11,14H,5-7,10,12H2,1-4H3/t14-/m1/s1. The topological polar surface area (TPSA) is 51.7 Å². The van der Waals surface area contributed by atoms with Crippen LogP contribution in [0.3, 0.4) is 0 Å². The SMILES string of the molecule is Cc1ccc(OC[C@H]2CCCCN2C(=O)OC(C)(C)C)nc1. The van der Waals surface area contributed by atoms with Gasteiger partial charge in [0.1, 0.15) is 12.2 Å². The predicted molar refractivity (Wildman–Crippen MR) is 85.0 cm³/mol. The molecule has 1 aliphatic rings. The number of rotatable bonds is 3. The number of likely N-dealkylation sites (tertiary alicyclic amines) is 1. The first-order valence-corrected chi connectivity index (χ1v) is 7.90. The van der Waals surface area contributed by atoms with E-state index >= 15 is 0 Å². The molecule has 5 nitrogen and oxygen atoms in total. The smallest absolute Gasteiger partial charge is 0.410 e. The van der Waals surface area contributed by atoms with E-state index < -0.39 is 5.60 Å². The molecule has 1 saturated heterocycles. The van der Waals surface area contributed by atoms with Crippen LogP contribution in [0.4, 0.5) is 4.79 Å². The Morgan fingerprint density at radius 2 is 2.14 bits per heavy atom. The molecule has 0 spiro atoms. The lowest BCUT2D eigenvalue weighted by Gasteiger charge is -2.36. The van der Waals surface area contributed by atoms with Crippen LogP contribution in [0.25, 0.3) is 0 Å². The molecule has 0 radical (unpaired) electrons. The summed E-state index contributed by atoms with van der Waals surface area (Å²) >= 11 is 0. The van der Waals surface area contributed by atoms with E-state index in [0.717, 1.165) is 31.4 Å². The summed E-state index contributed by atoms with van der Waals surface area (Å²) in [5, 5.41) is 0. The van der Waals surface area contributed by atoms with Crippen LogP contribution in [-0.4, -0.2) is 40.8 Å².